The predicted molar refractivity (Wildman–Crippen MR) is 90.0 cm³/mol. The summed E-state index contributed by atoms with van der Waals surface area (Å²) in [5, 5.41) is 0. The van der Waals surface area contributed by atoms with Crippen molar-refractivity contribution in [1.82, 2.24) is 4.90 Å². The van der Waals surface area contributed by atoms with Gasteiger partial charge in [-0.3, -0.25) is 9.59 Å². The third kappa shape index (κ3) is 2.72. The maximum Gasteiger partial charge on any atom is 0.255 e. The Morgan fingerprint density at radius 3 is 2.43 bits per heavy atom. The summed E-state index contributed by atoms with van der Waals surface area (Å²) >= 11 is 0. The smallest absolute Gasteiger partial charge is 0.255 e. The van der Waals surface area contributed by atoms with Crippen molar-refractivity contribution < 1.29 is 9.59 Å². The molecule has 2 amide bonds. The van der Waals surface area contributed by atoms with Gasteiger partial charge in [0.25, 0.3) is 5.91 Å². The molecule has 1 aliphatic rings. The lowest BCUT2D eigenvalue weighted by Gasteiger charge is -2.39. The van der Waals surface area contributed by atoms with E-state index >= 15 is 0 Å². The van der Waals surface area contributed by atoms with E-state index in [0.717, 1.165) is 11.1 Å². The summed E-state index contributed by atoms with van der Waals surface area (Å²) < 4.78 is 0. The minimum Gasteiger partial charge on any atom is -0.368 e. The fourth-order valence-electron chi connectivity index (χ4n) is 2.91. The first-order valence-electron chi connectivity index (χ1n) is 7.76. The van der Waals surface area contributed by atoms with Crippen molar-refractivity contribution in [3.8, 4) is 11.1 Å². The van der Waals surface area contributed by atoms with Crippen LogP contribution in [0.1, 0.15) is 27.9 Å². The maximum absolute atomic E-state index is 12.8. The second kappa shape index (κ2) is 5.88. The van der Waals surface area contributed by atoms with Crippen LogP contribution in [0.5, 0.6) is 0 Å². The first-order valence-corrected chi connectivity index (χ1v) is 7.76. The second-order valence-electron chi connectivity index (χ2n) is 6.05. The van der Waals surface area contributed by atoms with Crippen LogP contribution in [-0.4, -0.2) is 29.3 Å². The number of nitrogens with zero attached hydrogens (tertiary/aromatic N) is 1. The highest BCUT2D eigenvalue weighted by molar-refractivity contribution is 6.03. The van der Waals surface area contributed by atoms with Gasteiger partial charge in [-0.1, -0.05) is 36.4 Å². The van der Waals surface area contributed by atoms with Crippen molar-refractivity contribution in [2.45, 2.75) is 26.3 Å². The highest BCUT2D eigenvalue weighted by Crippen LogP contribution is 2.29. The molecule has 1 atom stereocenters. The van der Waals surface area contributed by atoms with Gasteiger partial charge in [0.2, 0.25) is 5.91 Å². The quantitative estimate of drug-likeness (QED) is 0.947. The molecule has 0 bridgehead atoms. The van der Waals surface area contributed by atoms with E-state index < -0.39 is 11.9 Å². The van der Waals surface area contributed by atoms with Crippen LogP contribution in [0.4, 0.5) is 0 Å². The molecule has 0 aromatic heterocycles. The Morgan fingerprint density at radius 2 is 1.83 bits per heavy atom. The molecule has 1 fully saturated rings. The first-order chi connectivity index (χ1) is 11.0. The molecule has 0 aliphatic carbocycles. The topological polar surface area (TPSA) is 63.4 Å². The fourth-order valence-corrected chi connectivity index (χ4v) is 2.91. The van der Waals surface area contributed by atoms with Crippen LogP contribution < -0.4 is 5.73 Å². The van der Waals surface area contributed by atoms with E-state index in [2.05, 4.69) is 26.0 Å². The van der Waals surface area contributed by atoms with Gasteiger partial charge in [0.05, 0.1) is 0 Å². The monoisotopic (exact) mass is 308 g/mol. The fraction of sp³-hybridized carbons (Fsp3) is 0.263. The number of hydrogen-bond acceptors (Lipinski definition) is 2. The van der Waals surface area contributed by atoms with Crippen molar-refractivity contribution in [3.05, 3.63) is 59.2 Å². The Hall–Kier alpha value is -2.62. The Kier molecular flexibility index (Phi) is 3.90. The van der Waals surface area contributed by atoms with Crippen LogP contribution in [0, 0.1) is 13.8 Å². The van der Waals surface area contributed by atoms with E-state index in [9.17, 15) is 9.59 Å². The zero-order chi connectivity index (χ0) is 16.6. The van der Waals surface area contributed by atoms with E-state index in [1.807, 2.05) is 30.3 Å². The van der Waals surface area contributed by atoms with E-state index in [1.54, 1.807) is 4.90 Å². The number of carbonyl (C=O) groups is 2. The number of amides is 2. The number of hydrogen-bond donors (Lipinski definition) is 1. The van der Waals surface area contributed by atoms with Crippen molar-refractivity contribution in [1.29, 1.82) is 0 Å². The molecule has 2 aromatic carbocycles. The lowest BCUT2D eigenvalue weighted by Crippen LogP contribution is -2.57. The molecule has 2 N–H and O–H groups in total. The number of nitrogens with two attached hydrogens (primary N) is 1. The van der Waals surface area contributed by atoms with Gasteiger partial charge in [-0.2, -0.15) is 0 Å². The molecule has 3 rings (SSSR count). The molecule has 1 heterocycles. The average Bonchev–Trinajstić information content (AvgIpc) is 2.48. The summed E-state index contributed by atoms with van der Waals surface area (Å²) in [7, 11) is 0. The van der Waals surface area contributed by atoms with E-state index in [4.69, 9.17) is 5.73 Å². The largest absolute Gasteiger partial charge is 0.368 e. The molecule has 0 spiro atoms. The first kappa shape index (κ1) is 15.3. The predicted octanol–water partition coefficient (Wildman–Crippen LogP) is 2.67. The summed E-state index contributed by atoms with van der Waals surface area (Å²) in [5.41, 5.74) is 10.3. The Labute approximate surface area is 135 Å². The molecule has 23 heavy (non-hydrogen) atoms. The number of likely N-dealkylation sites (tertiary alicyclic amines) is 1. The Morgan fingerprint density at radius 1 is 1.09 bits per heavy atom. The van der Waals surface area contributed by atoms with Crippen LogP contribution in [0.25, 0.3) is 11.1 Å². The van der Waals surface area contributed by atoms with E-state index in [1.165, 1.54) is 11.1 Å². The summed E-state index contributed by atoms with van der Waals surface area (Å²) in [6, 6.07) is 13.2. The van der Waals surface area contributed by atoms with Gasteiger partial charge < -0.3 is 10.6 Å². The lowest BCUT2D eigenvalue weighted by atomic mass is 9.94. The molecule has 1 saturated heterocycles. The minimum atomic E-state index is -0.477. The normalized spacial score (nSPS) is 16.8. The maximum atomic E-state index is 12.8. The third-order valence-electron chi connectivity index (χ3n) is 4.58. The summed E-state index contributed by atoms with van der Waals surface area (Å²) in [4.78, 5) is 25.8. The van der Waals surface area contributed by atoms with Gasteiger partial charge in [0, 0.05) is 12.1 Å². The van der Waals surface area contributed by atoms with E-state index in [-0.39, 0.29) is 5.91 Å². The number of benzene rings is 2. The SMILES string of the molecule is Cc1ccc(-c2ccccc2C(=O)N2CCC2C(N)=O)cc1C. The zero-order valence-corrected chi connectivity index (χ0v) is 13.4. The van der Waals surface area contributed by atoms with Crippen molar-refractivity contribution >= 4 is 11.8 Å². The van der Waals surface area contributed by atoms with Gasteiger partial charge in [-0.25, -0.2) is 0 Å². The van der Waals surface area contributed by atoms with Crippen LogP contribution in [0.15, 0.2) is 42.5 Å². The molecular formula is C19H20N2O2. The molecule has 1 unspecified atom stereocenters. The lowest BCUT2D eigenvalue weighted by molar-refractivity contribution is -0.125. The van der Waals surface area contributed by atoms with E-state index in [0.29, 0.717) is 18.5 Å². The summed E-state index contributed by atoms with van der Waals surface area (Å²) in [6.45, 7) is 4.70. The molecule has 4 nitrogen and oxygen atoms in total. The van der Waals surface area contributed by atoms with Crippen LogP contribution in [-0.2, 0) is 4.79 Å². The van der Waals surface area contributed by atoms with Crippen molar-refractivity contribution in [2.75, 3.05) is 6.54 Å². The average molecular weight is 308 g/mol. The highest BCUT2D eigenvalue weighted by atomic mass is 16.2. The summed E-state index contributed by atoms with van der Waals surface area (Å²) in [6.07, 6.45) is 0.646. The van der Waals surface area contributed by atoms with Crippen LogP contribution >= 0.6 is 0 Å². The Balaban J connectivity index is 1.99. The molecule has 2 aromatic rings. The van der Waals surface area contributed by atoms with Gasteiger partial charge >= 0.3 is 0 Å². The highest BCUT2D eigenvalue weighted by Gasteiger charge is 2.37. The number of aryl methyl sites for hydroxylation is 2. The molecule has 4 heteroatoms. The van der Waals surface area contributed by atoms with Gasteiger partial charge in [0.15, 0.2) is 0 Å². The summed E-state index contributed by atoms with van der Waals surface area (Å²) in [5.74, 6) is -0.567. The zero-order valence-electron chi connectivity index (χ0n) is 13.4. The van der Waals surface area contributed by atoms with Gasteiger partial charge in [-0.15, -0.1) is 0 Å². The molecular weight excluding hydrogens is 288 g/mol. The number of rotatable bonds is 3. The molecule has 0 radical (unpaired) electrons. The third-order valence-corrected chi connectivity index (χ3v) is 4.58. The second-order valence-corrected chi connectivity index (χ2v) is 6.05. The molecule has 0 saturated carbocycles. The number of primary amides is 1. The molecule has 1 aliphatic heterocycles. The Bertz CT molecular complexity index is 783. The van der Waals surface area contributed by atoms with Crippen LogP contribution in [0.2, 0.25) is 0 Å². The molecule has 118 valence electrons. The van der Waals surface area contributed by atoms with Crippen molar-refractivity contribution in [2.24, 2.45) is 5.73 Å². The van der Waals surface area contributed by atoms with Gasteiger partial charge in [0.1, 0.15) is 6.04 Å². The van der Waals surface area contributed by atoms with Gasteiger partial charge in [-0.05, 0) is 48.6 Å². The van der Waals surface area contributed by atoms with Crippen molar-refractivity contribution in [3.63, 3.8) is 0 Å². The van der Waals surface area contributed by atoms with Crippen LogP contribution in [0.3, 0.4) is 0 Å². The number of carbonyl (C=O) groups excluding carboxylic acids is 2. The standard InChI is InChI=1S/C19H20N2O2/c1-12-7-8-14(11-13(12)2)15-5-3-4-6-16(15)19(23)21-10-9-17(21)18(20)22/h3-8,11,17H,9-10H2,1-2H3,(H2,20,22). The minimum absolute atomic E-state index is 0.131.